The molecule has 2 aliphatic rings. The molecule has 1 N–H and O–H groups in total. The third-order valence-corrected chi connectivity index (χ3v) is 8.45. The molecule has 2 aromatic carbocycles. The number of hydrogen-bond donors (Lipinski definition) is 1. The fraction of sp³-hybridized carbons (Fsp3) is 0.441. The lowest BCUT2D eigenvalue weighted by molar-refractivity contribution is 0.479. The van der Waals surface area contributed by atoms with E-state index in [0.717, 1.165) is 38.3 Å². The monoisotopic (exact) mass is 600 g/mol. The summed E-state index contributed by atoms with van der Waals surface area (Å²) in [6, 6.07) is 6.41. The van der Waals surface area contributed by atoms with Gasteiger partial charge in [-0.05, 0) is 53.9 Å². The van der Waals surface area contributed by atoms with Crippen LogP contribution in [0.5, 0.6) is 0 Å². The number of H-pyrrole nitrogens is 1. The van der Waals surface area contributed by atoms with E-state index in [-0.39, 0.29) is 42.2 Å². The van der Waals surface area contributed by atoms with Crippen molar-refractivity contribution < 1.29 is 17.9 Å². The number of rotatable bonds is 5. The smallest absolute Gasteiger partial charge is 0.347 e. The van der Waals surface area contributed by atoms with E-state index >= 15 is 8.78 Å². The quantitative estimate of drug-likeness (QED) is 0.183. The molecule has 0 amide bonds. The standard InChI is InChI=1S/C30H29F3N4O.C2H6.2CH4.FH/c1-4-15(2)16(3)23-24-18(12-21(31)25(23)32)9-7-10-19(24)27-26(33)28-20(14-34-27)29(36-30(38)35-28)37-11-6-5-8-17-13-22(17)37;1-2;;;/h4,7,9-10,12,14-17,22H,1,5-6,8,11,13H2,2-3H3,(H,35,36,38);1-2H3;2*1H4;1H/t15?,16?,17-,22+;;;;/m0..../s1. The summed E-state index contributed by atoms with van der Waals surface area (Å²) >= 11 is 0. The number of anilines is 1. The Morgan fingerprint density at radius 3 is 2.53 bits per heavy atom. The van der Waals surface area contributed by atoms with Crippen molar-refractivity contribution in [2.75, 3.05) is 11.4 Å². The van der Waals surface area contributed by atoms with E-state index < -0.39 is 29.1 Å². The summed E-state index contributed by atoms with van der Waals surface area (Å²) in [6.07, 6.45) is 7.53. The summed E-state index contributed by atoms with van der Waals surface area (Å²) < 4.78 is 46.2. The van der Waals surface area contributed by atoms with Gasteiger partial charge in [-0.3, -0.25) is 9.69 Å². The Balaban J connectivity index is 0.00000126. The summed E-state index contributed by atoms with van der Waals surface area (Å²) in [6.45, 7) is 12.2. The zero-order valence-corrected chi connectivity index (χ0v) is 23.8. The first-order chi connectivity index (χ1) is 19.3. The number of hydrogen-bond acceptors (Lipinski definition) is 4. The molecule has 0 spiro atoms. The van der Waals surface area contributed by atoms with Gasteiger partial charge in [0, 0.05) is 29.9 Å². The number of benzene rings is 2. The minimum absolute atomic E-state index is 0. The maximum atomic E-state index is 16.3. The van der Waals surface area contributed by atoms with Gasteiger partial charge in [-0.2, -0.15) is 4.98 Å². The van der Waals surface area contributed by atoms with Gasteiger partial charge in [0.1, 0.15) is 11.5 Å². The average molecular weight is 601 g/mol. The molecule has 6 rings (SSSR count). The highest BCUT2D eigenvalue weighted by molar-refractivity contribution is 6.01. The predicted octanol–water partition coefficient (Wildman–Crippen LogP) is 9.31. The van der Waals surface area contributed by atoms with Crippen molar-refractivity contribution in [2.45, 2.75) is 80.2 Å². The van der Waals surface area contributed by atoms with Gasteiger partial charge in [-0.1, -0.05) is 73.2 Å². The number of nitrogens with one attached hydrogen (secondary N) is 1. The lowest BCUT2D eigenvalue weighted by atomic mass is 9.83. The first kappa shape index (κ1) is 35.4. The molecule has 43 heavy (non-hydrogen) atoms. The zero-order valence-electron chi connectivity index (χ0n) is 23.8. The van der Waals surface area contributed by atoms with Gasteiger partial charge in [0.25, 0.3) is 0 Å². The number of aromatic amines is 1. The number of fused-ring (bicyclic) bond motifs is 3. The normalized spacial score (nSPS) is 18.4. The summed E-state index contributed by atoms with van der Waals surface area (Å²) in [5, 5.41) is 1.27. The Bertz CT molecular complexity index is 1650. The van der Waals surface area contributed by atoms with Crippen molar-refractivity contribution in [3.63, 3.8) is 0 Å². The fourth-order valence-corrected chi connectivity index (χ4v) is 6.04. The molecule has 1 saturated carbocycles. The third kappa shape index (κ3) is 6.17. The van der Waals surface area contributed by atoms with Crippen molar-refractivity contribution >= 4 is 27.5 Å². The largest absolute Gasteiger partial charge is 0.353 e. The van der Waals surface area contributed by atoms with E-state index in [1.54, 1.807) is 31.2 Å². The van der Waals surface area contributed by atoms with Crippen LogP contribution in [0.1, 0.15) is 79.7 Å². The van der Waals surface area contributed by atoms with E-state index in [0.29, 0.717) is 39.5 Å². The van der Waals surface area contributed by atoms with Crippen molar-refractivity contribution in [1.82, 2.24) is 15.0 Å². The average Bonchev–Trinajstić information content (AvgIpc) is 3.75. The van der Waals surface area contributed by atoms with Crippen LogP contribution in [-0.4, -0.2) is 27.5 Å². The van der Waals surface area contributed by atoms with Crippen molar-refractivity contribution in [1.29, 1.82) is 0 Å². The van der Waals surface area contributed by atoms with E-state index in [2.05, 4.69) is 26.4 Å². The van der Waals surface area contributed by atoms with Crippen LogP contribution in [0.4, 0.5) is 23.7 Å². The third-order valence-electron chi connectivity index (χ3n) is 8.45. The number of halogens is 4. The molecule has 1 saturated heterocycles. The van der Waals surface area contributed by atoms with Gasteiger partial charge in [-0.15, -0.1) is 6.58 Å². The molecule has 2 unspecified atom stereocenters. The molecule has 1 aliphatic heterocycles. The summed E-state index contributed by atoms with van der Waals surface area (Å²) in [4.78, 5) is 26.0. The Labute approximate surface area is 251 Å². The molecular weight excluding hydrogens is 556 g/mol. The van der Waals surface area contributed by atoms with Crippen LogP contribution in [0.2, 0.25) is 0 Å². The highest BCUT2D eigenvalue weighted by Gasteiger charge is 2.43. The molecule has 5 nitrogen and oxygen atoms in total. The Kier molecular flexibility index (Phi) is 11.7. The van der Waals surface area contributed by atoms with Gasteiger partial charge in [0.2, 0.25) is 0 Å². The second-order valence-corrected chi connectivity index (χ2v) is 10.7. The van der Waals surface area contributed by atoms with E-state index in [4.69, 9.17) is 0 Å². The number of pyridine rings is 1. The summed E-state index contributed by atoms with van der Waals surface area (Å²) in [5.74, 6) is -2.21. The number of allylic oxidation sites excluding steroid dienone is 1. The maximum Gasteiger partial charge on any atom is 0.347 e. The van der Waals surface area contributed by atoms with Crippen LogP contribution in [-0.2, 0) is 0 Å². The molecule has 9 heteroatoms. The molecule has 234 valence electrons. The van der Waals surface area contributed by atoms with Gasteiger partial charge in [0.15, 0.2) is 17.5 Å². The molecule has 0 radical (unpaired) electrons. The van der Waals surface area contributed by atoms with Gasteiger partial charge in [-0.25, -0.2) is 18.0 Å². The van der Waals surface area contributed by atoms with Gasteiger partial charge in [0.05, 0.1) is 10.9 Å². The van der Waals surface area contributed by atoms with Crippen LogP contribution in [0, 0.1) is 29.3 Å². The fourth-order valence-electron chi connectivity index (χ4n) is 6.04. The van der Waals surface area contributed by atoms with Crippen molar-refractivity contribution in [2.24, 2.45) is 11.8 Å². The topological polar surface area (TPSA) is 61.9 Å². The van der Waals surface area contributed by atoms with Crippen LogP contribution in [0.25, 0.3) is 32.9 Å². The molecule has 2 fully saturated rings. The zero-order chi connectivity index (χ0) is 28.7. The van der Waals surface area contributed by atoms with Crippen molar-refractivity contribution in [3.8, 4) is 11.3 Å². The molecule has 0 bridgehead atoms. The highest BCUT2D eigenvalue weighted by atomic mass is 19.2. The van der Waals surface area contributed by atoms with Crippen LogP contribution >= 0.6 is 0 Å². The molecule has 3 heterocycles. The van der Waals surface area contributed by atoms with Gasteiger partial charge < -0.3 is 9.88 Å². The SMILES string of the molecule is C.C.C=CC(C)C(C)c1c(F)c(F)cc2cccc(-c3ncc4c(N5CCCC[C@H]6C[C@H]65)nc(=O)[nH]c4c3F)c12.CC.F. The molecule has 4 aromatic rings. The summed E-state index contributed by atoms with van der Waals surface area (Å²) in [7, 11) is 0. The van der Waals surface area contributed by atoms with E-state index in [9.17, 15) is 9.18 Å². The van der Waals surface area contributed by atoms with Crippen LogP contribution in [0.3, 0.4) is 0 Å². The Morgan fingerprint density at radius 2 is 1.84 bits per heavy atom. The van der Waals surface area contributed by atoms with E-state index in [1.807, 2.05) is 20.8 Å². The van der Waals surface area contributed by atoms with Crippen LogP contribution < -0.4 is 10.6 Å². The molecule has 1 aliphatic carbocycles. The second kappa shape index (κ2) is 14.1. The molecule has 4 atom stereocenters. The number of nitrogens with zero attached hydrogens (tertiary/aromatic N) is 3. The second-order valence-electron chi connectivity index (χ2n) is 10.7. The highest BCUT2D eigenvalue weighted by Crippen LogP contribution is 2.45. The first-order valence-electron chi connectivity index (χ1n) is 14.2. The Morgan fingerprint density at radius 1 is 1.12 bits per heavy atom. The van der Waals surface area contributed by atoms with Crippen LogP contribution in [0.15, 0.2) is 47.9 Å². The van der Waals surface area contributed by atoms with Crippen molar-refractivity contribution in [3.05, 3.63) is 76.6 Å². The molecule has 2 aromatic heterocycles. The minimum atomic E-state index is -0.965. The van der Waals surface area contributed by atoms with E-state index in [1.165, 1.54) is 6.20 Å². The van der Waals surface area contributed by atoms with Gasteiger partial charge >= 0.3 is 5.69 Å². The lowest BCUT2D eigenvalue weighted by Crippen LogP contribution is -2.30. The Hall–Kier alpha value is -3.75. The predicted molar refractivity (Wildman–Crippen MR) is 171 cm³/mol. The maximum absolute atomic E-state index is 16.3. The summed E-state index contributed by atoms with van der Waals surface area (Å²) in [5.41, 5.74) is -0.181. The lowest BCUT2D eigenvalue weighted by Gasteiger charge is -2.24. The molecular formula is C34H44F4N4O. The minimum Gasteiger partial charge on any atom is -0.353 e. The number of aromatic nitrogens is 3. The first-order valence-corrected chi connectivity index (χ1v) is 14.2.